The van der Waals surface area contributed by atoms with Crippen molar-refractivity contribution in [2.24, 2.45) is 5.73 Å². The van der Waals surface area contributed by atoms with E-state index in [4.69, 9.17) is 17.3 Å². The predicted octanol–water partition coefficient (Wildman–Crippen LogP) is 2.33. The molecule has 3 aromatic rings. The zero-order valence-electron chi connectivity index (χ0n) is 17.2. The van der Waals surface area contributed by atoms with E-state index in [1.807, 2.05) is 36.7 Å². The Bertz CT molecular complexity index is 1100. The van der Waals surface area contributed by atoms with E-state index in [9.17, 15) is 9.59 Å². The monoisotopic (exact) mass is 427 g/mol. The standard InChI is InChI=1S/C22H26ClN5O2/c1-15-5-7-28(10-9-27-8-6-25-16(27)2)22(30)20(15)12-21(29)26-14-18-11-19(23)4-3-17(18)13-24/h3-8,11H,9-10,12-14,24H2,1-2H3,(H,26,29). The first kappa shape index (κ1) is 21.8. The molecule has 0 saturated heterocycles. The molecule has 2 aromatic heterocycles. The van der Waals surface area contributed by atoms with E-state index >= 15 is 0 Å². The smallest absolute Gasteiger partial charge is 0.254 e. The van der Waals surface area contributed by atoms with Gasteiger partial charge in [-0.3, -0.25) is 9.59 Å². The molecule has 0 unspecified atom stereocenters. The number of halogens is 1. The third-order valence-electron chi connectivity index (χ3n) is 5.21. The maximum absolute atomic E-state index is 12.9. The molecule has 0 fully saturated rings. The maximum Gasteiger partial charge on any atom is 0.254 e. The van der Waals surface area contributed by atoms with Crippen LogP contribution in [0.4, 0.5) is 0 Å². The van der Waals surface area contributed by atoms with Gasteiger partial charge in [0.25, 0.3) is 5.56 Å². The average molecular weight is 428 g/mol. The number of amides is 1. The Kier molecular flexibility index (Phi) is 7.07. The summed E-state index contributed by atoms with van der Waals surface area (Å²) in [6, 6.07) is 7.29. The minimum Gasteiger partial charge on any atom is -0.352 e. The van der Waals surface area contributed by atoms with E-state index in [2.05, 4.69) is 10.3 Å². The fraction of sp³-hybridized carbons (Fsp3) is 0.318. The third kappa shape index (κ3) is 5.17. The highest BCUT2D eigenvalue weighted by Crippen LogP contribution is 2.16. The van der Waals surface area contributed by atoms with E-state index in [0.717, 1.165) is 22.5 Å². The Morgan fingerprint density at radius 2 is 1.90 bits per heavy atom. The van der Waals surface area contributed by atoms with Crippen molar-refractivity contribution in [1.82, 2.24) is 19.4 Å². The summed E-state index contributed by atoms with van der Waals surface area (Å²) in [5.41, 5.74) is 8.71. The Morgan fingerprint density at radius 3 is 2.60 bits per heavy atom. The van der Waals surface area contributed by atoms with Gasteiger partial charge >= 0.3 is 0 Å². The molecule has 0 saturated carbocycles. The van der Waals surface area contributed by atoms with Crippen LogP contribution in [-0.2, 0) is 37.4 Å². The maximum atomic E-state index is 12.9. The van der Waals surface area contributed by atoms with Gasteiger partial charge in [-0.2, -0.15) is 0 Å². The largest absolute Gasteiger partial charge is 0.352 e. The molecular weight excluding hydrogens is 402 g/mol. The number of nitrogens with two attached hydrogens (primary N) is 1. The van der Waals surface area contributed by atoms with Crippen molar-refractivity contribution in [2.75, 3.05) is 0 Å². The molecule has 2 heterocycles. The van der Waals surface area contributed by atoms with Crippen molar-refractivity contribution in [3.05, 3.63) is 86.3 Å². The summed E-state index contributed by atoms with van der Waals surface area (Å²) in [5, 5.41) is 3.46. The molecule has 8 heteroatoms. The Morgan fingerprint density at radius 1 is 1.13 bits per heavy atom. The lowest BCUT2D eigenvalue weighted by molar-refractivity contribution is -0.120. The first-order valence-corrected chi connectivity index (χ1v) is 10.2. The zero-order valence-corrected chi connectivity index (χ0v) is 17.9. The molecule has 1 amide bonds. The molecule has 3 N–H and O–H groups in total. The molecule has 3 rings (SSSR count). The van der Waals surface area contributed by atoms with Crippen molar-refractivity contribution < 1.29 is 4.79 Å². The van der Waals surface area contributed by atoms with Crippen LogP contribution in [0.5, 0.6) is 0 Å². The number of hydrogen-bond donors (Lipinski definition) is 2. The van der Waals surface area contributed by atoms with E-state index < -0.39 is 0 Å². The van der Waals surface area contributed by atoms with Gasteiger partial charge in [0.15, 0.2) is 0 Å². The molecule has 30 heavy (non-hydrogen) atoms. The lowest BCUT2D eigenvalue weighted by Gasteiger charge is -2.13. The van der Waals surface area contributed by atoms with Gasteiger partial charge in [-0.1, -0.05) is 17.7 Å². The molecule has 0 spiro atoms. The zero-order chi connectivity index (χ0) is 21.7. The quantitative estimate of drug-likeness (QED) is 0.576. The van der Waals surface area contributed by atoms with Gasteiger partial charge in [-0.05, 0) is 48.7 Å². The molecule has 7 nitrogen and oxygen atoms in total. The summed E-state index contributed by atoms with van der Waals surface area (Å²) in [4.78, 5) is 29.6. The Hall–Kier alpha value is -2.90. The number of hydrogen-bond acceptors (Lipinski definition) is 4. The van der Waals surface area contributed by atoms with E-state index in [1.165, 1.54) is 0 Å². The molecular formula is C22H26ClN5O2. The van der Waals surface area contributed by atoms with Crippen LogP contribution in [0, 0.1) is 13.8 Å². The molecule has 0 aliphatic rings. The van der Waals surface area contributed by atoms with Crippen molar-refractivity contribution in [3.8, 4) is 0 Å². The van der Waals surface area contributed by atoms with Gasteiger partial charge in [-0.25, -0.2) is 4.98 Å². The molecule has 0 radical (unpaired) electrons. The van der Waals surface area contributed by atoms with E-state index in [-0.39, 0.29) is 17.9 Å². The number of rotatable bonds is 8. The minimum atomic E-state index is -0.221. The van der Waals surface area contributed by atoms with Crippen LogP contribution >= 0.6 is 11.6 Å². The second-order valence-corrected chi connectivity index (χ2v) is 7.65. The second-order valence-electron chi connectivity index (χ2n) is 7.21. The van der Waals surface area contributed by atoms with Crippen LogP contribution < -0.4 is 16.6 Å². The number of carbonyl (C=O) groups is 1. The molecule has 0 atom stereocenters. The summed E-state index contributed by atoms with van der Waals surface area (Å²) in [5.74, 6) is 0.675. The Balaban J connectivity index is 1.68. The third-order valence-corrected chi connectivity index (χ3v) is 5.44. The lowest BCUT2D eigenvalue weighted by Crippen LogP contribution is -2.31. The second kappa shape index (κ2) is 9.73. The van der Waals surface area contributed by atoms with Gasteiger partial charge in [0.2, 0.25) is 5.91 Å². The summed E-state index contributed by atoms with van der Waals surface area (Å²) >= 11 is 6.05. The van der Waals surface area contributed by atoms with E-state index in [1.54, 1.807) is 29.1 Å². The highest BCUT2D eigenvalue weighted by Gasteiger charge is 2.13. The van der Waals surface area contributed by atoms with Crippen LogP contribution in [0.15, 0.2) is 47.7 Å². The molecule has 1 aromatic carbocycles. The SMILES string of the molecule is Cc1ccn(CCn2ccnc2C)c(=O)c1CC(=O)NCc1cc(Cl)ccc1CN. The highest BCUT2D eigenvalue weighted by atomic mass is 35.5. The first-order valence-electron chi connectivity index (χ1n) is 9.79. The topological polar surface area (TPSA) is 94.9 Å². The number of aryl methyl sites for hydroxylation is 4. The van der Waals surface area contributed by atoms with Gasteiger partial charge in [0, 0.05) is 55.4 Å². The predicted molar refractivity (Wildman–Crippen MR) is 117 cm³/mol. The van der Waals surface area contributed by atoms with Gasteiger partial charge in [-0.15, -0.1) is 0 Å². The summed E-state index contributed by atoms with van der Waals surface area (Å²) in [7, 11) is 0. The highest BCUT2D eigenvalue weighted by molar-refractivity contribution is 6.30. The molecule has 0 aliphatic heterocycles. The summed E-state index contributed by atoms with van der Waals surface area (Å²) < 4.78 is 3.62. The first-order chi connectivity index (χ1) is 14.4. The van der Waals surface area contributed by atoms with Crippen LogP contribution in [0.2, 0.25) is 5.02 Å². The van der Waals surface area contributed by atoms with Crippen molar-refractivity contribution in [3.63, 3.8) is 0 Å². The van der Waals surface area contributed by atoms with Crippen molar-refractivity contribution >= 4 is 17.5 Å². The van der Waals surface area contributed by atoms with Crippen LogP contribution in [0.1, 0.15) is 28.1 Å². The number of imidazole rings is 1. The number of nitrogens with one attached hydrogen (secondary N) is 1. The van der Waals surface area contributed by atoms with Crippen LogP contribution in [0.3, 0.4) is 0 Å². The van der Waals surface area contributed by atoms with Crippen molar-refractivity contribution in [2.45, 2.75) is 46.4 Å². The number of benzene rings is 1. The van der Waals surface area contributed by atoms with Crippen molar-refractivity contribution in [1.29, 1.82) is 0 Å². The van der Waals surface area contributed by atoms with Gasteiger partial charge in [0.05, 0.1) is 6.42 Å². The van der Waals surface area contributed by atoms with Crippen LogP contribution in [0.25, 0.3) is 0 Å². The average Bonchev–Trinajstić information content (AvgIpc) is 3.14. The fourth-order valence-electron chi connectivity index (χ4n) is 3.33. The van der Waals surface area contributed by atoms with Gasteiger partial charge in [0.1, 0.15) is 5.82 Å². The van der Waals surface area contributed by atoms with E-state index in [0.29, 0.717) is 36.8 Å². The normalized spacial score (nSPS) is 10.9. The number of carbonyl (C=O) groups excluding carboxylic acids is 1. The lowest BCUT2D eigenvalue weighted by atomic mass is 10.1. The Labute approximate surface area is 180 Å². The fourth-order valence-corrected chi connectivity index (χ4v) is 3.53. The summed E-state index contributed by atoms with van der Waals surface area (Å²) in [6.07, 6.45) is 5.41. The minimum absolute atomic E-state index is 0.0220. The van der Waals surface area contributed by atoms with Gasteiger partial charge < -0.3 is 20.2 Å². The molecule has 0 aliphatic carbocycles. The molecule has 0 bridgehead atoms. The summed E-state index contributed by atoms with van der Waals surface area (Å²) in [6.45, 7) is 5.58. The number of pyridine rings is 1. The van der Waals surface area contributed by atoms with Crippen LogP contribution in [-0.4, -0.2) is 20.0 Å². The molecule has 158 valence electrons. The number of nitrogens with zero attached hydrogens (tertiary/aromatic N) is 3. The number of aromatic nitrogens is 3.